The summed E-state index contributed by atoms with van der Waals surface area (Å²) in [5, 5.41) is 10.5. The molecular formula is C30H39FO7. The Morgan fingerprint density at radius 1 is 1.11 bits per heavy atom. The van der Waals surface area contributed by atoms with Crippen molar-refractivity contribution in [3.05, 3.63) is 23.8 Å². The molecule has 38 heavy (non-hydrogen) atoms. The molecule has 1 unspecified atom stereocenters. The minimum atomic E-state index is -2.28. The summed E-state index contributed by atoms with van der Waals surface area (Å²) in [5.74, 6) is -3.07. The van der Waals surface area contributed by atoms with Crippen LogP contribution in [0.25, 0.3) is 0 Å². The molecule has 4 saturated carbocycles. The number of carboxylic acids is 1. The molecule has 7 nitrogen and oxygen atoms in total. The zero-order valence-electron chi connectivity index (χ0n) is 22.8. The highest BCUT2D eigenvalue weighted by Crippen LogP contribution is 2.70. The van der Waals surface area contributed by atoms with Crippen molar-refractivity contribution in [3.8, 4) is 0 Å². The second-order valence-electron chi connectivity index (χ2n) is 12.8. The number of hydrogen-bond acceptors (Lipinski definition) is 6. The molecule has 0 aliphatic heterocycles. The minimum absolute atomic E-state index is 0.0108. The molecule has 0 saturated heterocycles. The van der Waals surface area contributed by atoms with Crippen molar-refractivity contribution >= 4 is 23.7 Å². The van der Waals surface area contributed by atoms with Gasteiger partial charge in [-0.25, -0.2) is 14.0 Å². The van der Waals surface area contributed by atoms with Crippen molar-refractivity contribution in [1.29, 1.82) is 0 Å². The average Bonchev–Trinajstić information content (AvgIpc) is 3.15. The average molecular weight is 531 g/mol. The normalized spacial score (nSPS) is 45.9. The molecule has 5 aliphatic carbocycles. The Hall–Kier alpha value is -2.51. The van der Waals surface area contributed by atoms with Crippen molar-refractivity contribution in [2.45, 2.75) is 103 Å². The molecule has 0 aromatic carbocycles. The predicted molar refractivity (Wildman–Crippen MR) is 136 cm³/mol. The first-order valence-electron chi connectivity index (χ1n) is 14.1. The van der Waals surface area contributed by atoms with Crippen molar-refractivity contribution in [2.75, 3.05) is 0 Å². The van der Waals surface area contributed by atoms with E-state index in [1.54, 1.807) is 13.8 Å². The maximum Gasteiger partial charge on any atom is 0.509 e. The predicted octanol–water partition coefficient (Wildman–Crippen LogP) is 5.76. The molecule has 0 spiro atoms. The molecule has 0 amide bonds. The highest BCUT2D eigenvalue weighted by Gasteiger charge is 2.77. The summed E-state index contributed by atoms with van der Waals surface area (Å²) in [5.41, 5.74) is -6.22. The fourth-order valence-corrected chi connectivity index (χ4v) is 8.84. The van der Waals surface area contributed by atoms with Crippen LogP contribution in [0.4, 0.5) is 9.18 Å². The summed E-state index contributed by atoms with van der Waals surface area (Å²) >= 11 is 0. The third kappa shape index (κ3) is 3.57. The molecule has 0 aromatic rings. The lowest BCUT2D eigenvalue weighted by molar-refractivity contribution is -0.198. The molecule has 1 N–H and O–H groups in total. The van der Waals surface area contributed by atoms with Crippen LogP contribution in [0.5, 0.6) is 0 Å². The van der Waals surface area contributed by atoms with Gasteiger partial charge in [0.15, 0.2) is 17.2 Å². The molecule has 8 heteroatoms. The summed E-state index contributed by atoms with van der Waals surface area (Å²) in [4.78, 5) is 51.8. The van der Waals surface area contributed by atoms with Gasteiger partial charge in [0, 0.05) is 23.2 Å². The summed E-state index contributed by atoms with van der Waals surface area (Å²) < 4.78 is 28.6. The molecule has 5 aliphatic rings. The number of halogens is 1. The zero-order chi connectivity index (χ0) is 27.7. The summed E-state index contributed by atoms with van der Waals surface area (Å²) in [6.07, 6.45) is 7.57. The lowest BCUT2D eigenvalue weighted by Crippen LogP contribution is -2.68. The van der Waals surface area contributed by atoms with E-state index >= 15 is 4.39 Å². The van der Waals surface area contributed by atoms with Gasteiger partial charge in [-0.1, -0.05) is 38.8 Å². The van der Waals surface area contributed by atoms with E-state index in [1.807, 2.05) is 6.92 Å². The number of allylic oxidation sites excluding steroid dienone is 4. The van der Waals surface area contributed by atoms with E-state index in [0.717, 1.165) is 19.3 Å². The maximum absolute atomic E-state index is 17.3. The standard InChI is InChI=1S/C30H39FO7/c1-5-18-6-8-20(9-7-18)37-26(36)38-29(25(34)35)13-11-21-23-14-17(2)22-15-19(32)10-12-27(22,3)30(23,31)24(33)16-28(21,29)4/h10,12,15,17-18,20-21,23H,5-9,11,13-14,16H2,1-4H3,(H,34,35)/t17-,18?,20?,21-,23-,27-,28-,29?,30-/m0/s1. The number of fused-ring (bicyclic) bond motifs is 5. The second kappa shape index (κ2) is 9.02. The van der Waals surface area contributed by atoms with Crippen LogP contribution in [0.2, 0.25) is 0 Å². The Morgan fingerprint density at radius 3 is 2.42 bits per heavy atom. The Labute approximate surface area is 223 Å². The highest BCUT2D eigenvalue weighted by molar-refractivity contribution is 6.03. The van der Waals surface area contributed by atoms with Crippen LogP contribution in [0.3, 0.4) is 0 Å². The molecular weight excluding hydrogens is 491 g/mol. The number of rotatable bonds is 4. The first kappa shape index (κ1) is 27.1. The van der Waals surface area contributed by atoms with Gasteiger partial charge in [-0.15, -0.1) is 0 Å². The molecule has 7 atom stereocenters. The van der Waals surface area contributed by atoms with Crippen LogP contribution < -0.4 is 0 Å². The van der Waals surface area contributed by atoms with Crippen molar-refractivity contribution in [1.82, 2.24) is 0 Å². The van der Waals surface area contributed by atoms with E-state index in [2.05, 4.69) is 6.92 Å². The minimum Gasteiger partial charge on any atom is -0.478 e. The van der Waals surface area contributed by atoms with Gasteiger partial charge in [0.2, 0.25) is 5.60 Å². The Balaban J connectivity index is 1.44. The highest BCUT2D eigenvalue weighted by atomic mass is 19.1. The number of aliphatic carboxylic acids is 1. The van der Waals surface area contributed by atoms with E-state index in [1.165, 1.54) is 18.2 Å². The van der Waals surface area contributed by atoms with E-state index in [4.69, 9.17) is 9.47 Å². The lowest BCUT2D eigenvalue weighted by atomic mass is 9.44. The smallest absolute Gasteiger partial charge is 0.478 e. The summed E-state index contributed by atoms with van der Waals surface area (Å²) in [6.45, 7) is 7.40. The molecule has 208 valence electrons. The molecule has 0 radical (unpaired) electrons. The largest absolute Gasteiger partial charge is 0.509 e. The zero-order valence-corrected chi connectivity index (χ0v) is 22.8. The van der Waals surface area contributed by atoms with Crippen LogP contribution in [0, 0.1) is 34.5 Å². The number of alkyl halides is 1. The van der Waals surface area contributed by atoms with Crippen molar-refractivity contribution in [2.24, 2.45) is 34.5 Å². The van der Waals surface area contributed by atoms with Gasteiger partial charge < -0.3 is 14.6 Å². The van der Waals surface area contributed by atoms with Gasteiger partial charge in [-0.3, -0.25) is 9.59 Å². The number of ketones is 2. The Bertz CT molecular complexity index is 1120. The SMILES string of the molecule is CCC1CCC(OC(=O)OC2(C(=O)O)CC[C@H]3[C@@H]4C[C@H](C)C5=CC(=O)C=C[C@]5(C)[C@@]4(F)C(=O)C[C@@]32C)CC1. The van der Waals surface area contributed by atoms with E-state index in [0.29, 0.717) is 37.2 Å². The number of ether oxygens (including phenoxy) is 2. The molecule has 4 fully saturated rings. The van der Waals surface area contributed by atoms with Gasteiger partial charge in [-0.05, 0) is 81.8 Å². The van der Waals surface area contributed by atoms with Crippen LogP contribution >= 0.6 is 0 Å². The van der Waals surface area contributed by atoms with Crippen LogP contribution in [-0.2, 0) is 23.9 Å². The quantitative estimate of drug-likeness (QED) is 0.461. The molecule has 0 bridgehead atoms. The van der Waals surface area contributed by atoms with Gasteiger partial charge in [0.05, 0.1) is 0 Å². The third-order valence-electron chi connectivity index (χ3n) is 11.1. The van der Waals surface area contributed by atoms with E-state index in [9.17, 15) is 24.3 Å². The first-order valence-corrected chi connectivity index (χ1v) is 14.1. The molecule has 0 aromatic heterocycles. The number of carbonyl (C=O) groups is 4. The van der Waals surface area contributed by atoms with Gasteiger partial charge in [-0.2, -0.15) is 0 Å². The van der Waals surface area contributed by atoms with Crippen LogP contribution in [-0.4, -0.2) is 46.2 Å². The van der Waals surface area contributed by atoms with Crippen LogP contribution in [0.15, 0.2) is 23.8 Å². The van der Waals surface area contributed by atoms with E-state index in [-0.39, 0.29) is 30.6 Å². The first-order chi connectivity index (χ1) is 17.8. The summed E-state index contributed by atoms with van der Waals surface area (Å²) in [7, 11) is 0. The van der Waals surface area contributed by atoms with Gasteiger partial charge in [0.1, 0.15) is 6.10 Å². The number of hydrogen-bond donors (Lipinski definition) is 1. The topological polar surface area (TPSA) is 107 Å². The summed E-state index contributed by atoms with van der Waals surface area (Å²) in [6, 6.07) is 0. The maximum atomic E-state index is 17.3. The Morgan fingerprint density at radius 2 is 1.79 bits per heavy atom. The fourth-order valence-electron chi connectivity index (χ4n) is 8.84. The van der Waals surface area contributed by atoms with Crippen molar-refractivity contribution < 1.29 is 38.1 Å². The number of carbonyl (C=O) groups excluding carboxylic acids is 3. The third-order valence-corrected chi connectivity index (χ3v) is 11.1. The second-order valence-corrected chi connectivity index (χ2v) is 12.8. The van der Waals surface area contributed by atoms with Crippen LogP contribution in [0.1, 0.15) is 85.5 Å². The fraction of sp³-hybridized carbons (Fsp3) is 0.733. The van der Waals surface area contributed by atoms with Gasteiger partial charge in [0.25, 0.3) is 0 Å². The van der Waals surface area contributed by atoms with E-state index < -0.39 is 51.8 Å². The number of carboxylic acid groups (broad SMARTS) is 1. The van der Waals surface area contributed by atoms with Gasteiger partial charge >= 0.3 is 12.1 Å². The van der Waals surface area contributed by atoms with Crippen molar-refractivity contribution in [3.63, 3.8) is 0 Å². The molecule has 5 rings (SSSR count). The Kier molecular flexibility index (Phi) is 6.43. The monoisotopic (exact) mass is 530 g/mol. The number of Topliss-reactive ketones (excluding diaryl/α,β-unsaturated/α-hetero) is 1. The lowest BCUT2D eigenvalue weighted by Gasteiger charge is -2.60. The molecule has 0 heterocycles.